The molecule has 1 saturated heterocycles. The van der Waals surface area contributed by atoms with Crippen molar-refractivity contribution in [2.45, 2.75) is 19.9 Å². The Balaban J connectivity index is 1.86. The summed E-state index contributed by atoms with van der Waals surface area (Å²) in [5, 5.41) is 9.20. The molecule has 1 aromatic carbocycles. The van der Waals surface area contributed by atoms with Gasteiger partial charge in [0.05, 0.1) is 0 Å². The van der Waals surface area contributed by atoms with Crippen molar-refractivity contribution < 1.29 is 14.6 Å². The van der Waals surface area contributed by atoms with E-state index in [4.69, 9.17) is 4.74 Å². The van der Waals surface area contributed by atoms with Crippen LogP contribution in [0.1, 0.15) is 11.1 Å². The van der Waals surface area contributed by atoms with E-state index in [1.54, 1.807) is 11.8 Å². The van der Waals surface area contributed by atoms with Crippen LogP contribution in [0.2, 0.25) is 0 Å². The number of carbonyl (C=O) groups is 1. The number of carboxylic acid groups (broad SMARTS) is 1. The van der Waals surface area contributed by atoms with E-state index in [1.807, 2.05) is 30.9 Å². The van der Waals surface area contributed by atoms with E-state index in [-0.39, 0.29) is 6.04 Å². The van der Waals surface area contributed by atoms with Gasteiger partial charge in [0.2, 0.25) is 0 Å². The molecule has 2 rings (SSSR count). The summed E-state index contributed by atoms with van der Waals surface area (Å²) in [7, 11) is 0. The normalized spacial score (nSPS) is 19.8. The van der Waals surface area contributed by atoms with E-state index in [1.165, 1.54) is 11.1 Å². The van der Waals surface area contributed by atoms with Gasteiger partial charge in [0.25, 0.3) is 0 Å². The largest absolute Gasteiger partial charge is 0.492 e. The van der Waals surface area contributed by atoms with Crippen LogP contribution >= 0.6 is 11.8 Å². The molecule has 110 valence electrons. The molecule has 1 heterocycles. The van der Waals surface area contributed by atoms with Gasteiger partial charge < -0.3 is 9.84 Å². The topological polar surface area (TPSA) is 49.8 Å². The molecule has 1 unspecified atom stereocenters. The summed E-state index contributed by atoms with van der Waals surface area (Å²) in [5.41, 5.74) is 2.36. The second-order valence-corrected chi connectivity index (χ2v) is 6.29. The molecule has 0 bridgehead atoms. The number of rotatable bonds is 5. The maximum Gasteiger partial charge on any atom is 0.321 e. The van der Waals surface area contributed by atoms with Crippen LogP contribution in [0.4, 0.5) is 0 Å². The number of aryl methyl sites for hydroxylation is 2. The number of ether oxygens (including phenoxy) is 1. The molecule has 0 amide bonds. The first kappa shape index (κ1) is 15.2. The van der Waals surface area contributed by atoms with Gasteiger partial charge in [0.1, 0.15) is 18.4 Å². The van der Waals surface area contributed by atoms with Gasteiger partial charge in [-0.15, -0.1) is 0 Å². The van der Waals surface area contributed by atoms with E-state index < -0.39 is 5.97 Å². The quantitative estimate of drug-likeness (QED) is 0.902. The summed E-state index contributed by atoms with van der Waals surface area (Å²) in [6.07, 6.45) is 0. The molecule has 4 nitrogen and oxygen atoms in total. The van der Waals surface area contributed by atoms with Gasteiger partial charge in [-0.25, -0.2) is 0 Å². The Morgan fingerprint density at radius 2 is 2.10 bits per heavy atom. The molecule has 20 heavy (non-hydrogen) atoms. The second kappa shape index (κ2) is 6.99. The van der Waals surface area contributed by atoms with Crippen molar-refractivity contribution in [3.05, 3.63) is 29.3 Å². The lowest BCUT2D eigenvalue weighted by molar-refractivity contribution is -0.142. The van der Waals surface area contributed by atoms with Crippen LogP contribution in [0.5, 0.6) is 5.75 Å². The molecule has 0 radical (unpaired) electrons. The summed E-state index contributed by atoms with van der Waals surface area (Å²) >= 11 is 1.71. The van der Waals surface area contributed by atoms with Crippen molar-refractivity contribution in [1.29, 1.82) is 0 Å². The highest BCUT2D eigenvalue weighted by Crippen LogP contribution is 2.18. The zero-order chi connectivity index (χ0) is 14.5. The maximum absolute atomic E-state index is 11.2. The van der Waals surface area contributed by atoms with Gasteiger partial charge in [-0.05, 0) is 37.1 Å². The second-order valence-electron chi connectivity index (χ2n) is 5.14. The fourth-order valence-electron chi connectivity index (χ4n) is 2.43. The minimum absolute atomic E-state index is 0.378. The minimum atomic E-state index is -0.733. The highest BCUT2D eigenvalue weighted by atomic mass is 32.2. The number of aliphatic carboxylic acids is 1. The first-order chi connectivity index (χ1) is 9.56. The molecular weight excluding hydrogens is 274 g/mol. The van der Waals surface area contributed by atoms with Gasteiger partial charge in [-0.2, -0.15) is 11.8 Å². The Labute approximate surface area is 124 Å². The molecule has 0 spiro atoms. The molecule has 1 fully saturated rings. The van der Waals surface area contributed by atoms with Crippen molar-refractivity contribution in [2.24, 2.45) is 0 Å². The average Bonchev–Trinajstić information content (AvgIpc) is 2.38. The standard InChI is InChI=1S/C15H21NO3S/c1-11-7-12(2)9-13(8-11)19-5-3-16-4-6-20-10-14(16)15(17)18/h7-9,14H,3-6,10H2,1-2H3,(H,17,18). The average molecular weight is 295 g/mol. The molecule has 1 aliphatic rings. The molecular formula is C15H21NO3S. The van der Waals surface area contributed by atoms with Gasteiger partial charge in [-0.3, -0.25) is 9.69 Å². The van der Waals surface area contributed by atoms with Crippen LogP contribution in [0.15, 0.2) is 18.2 Å². The SMILES string of the molecule is Cc1cc(C)cc(OCCN2CCSCC2C(=O)O)c1. The lowest BCUT2D eigenvalue weighted by Crippen LogP contribution is -2.48. The lowest BCUT2D eigenvalue weighted by atomic mass is 10.1. The molecule has 1 atom stereocenters. The first-order valence-corrected chi connectivity index (χ1v) is 7.97. The Morgan fingerprint density at radius 1 is 1.40 bits per heavy atom. The number of benzene rings is 1. The Hall–Kier alpha value is -1.20. The first-order valence-electron chi connectivity index (χ1n) is 6.82. The van der Waals surface area contributed by atoms with Crippen molar-refractivity contribution >= 4 is 17.7 Å². The lowest BCUT2D eigenvalue weighted by Gasteiger charge is -2.32. The summed E-state index contributed by atoms with van der Waals surface area (Å²) in [4.78, 5) is 13.2. The van der Waals surface area contributed by atoms with Crippen molar-refractivity contribution in [3.8, 4) is 5.75 Å². The number of hydrogen-bond acceptors (Lipinski definition) is 4. The molecule has 0 aromatic heterocycles. The molecule has 1 aliphatic heterocycles. The van der Waals surface area contributed by atoms with Gasteiger partial charge in [-0.1, -0.05) is 6.07 Å². The predicted molar refractivity (Wildman–Crippen MR) is 81.7 cm³/mol. The molecule has 0 aliphatic carbocycles. The third-order valence-electron chi connectivity index (χ3n) is 3.37. The summed E-state index contributed by atoms with van der Waals surface area (Å²) in [6.45, 7) is 6.09. The number of carboxylic acids is 1. The fourth-order valence-corrected chi connectivity index (χ4v) is 3.54. The predicted octanol–water partition coefficient (Wildman–Crippen LogP) is 2.18. The third-order valence-corrected chi connectivity index (χ3v) is 4.39. The van der Waals surface area contributed by atoms with Gasteiger partial charge in [0, 0.05) is 24.6 Å². The maximum atomic E-state index is 11.2. The van der Waals surface area contributed by atoms with Crippen LogP contribution in [-0.4, -0.2) is 53.2 Å². The van der Waals surface area contributed by atoms with Crippen molar-refractivity contribution in [3.63, 3.8) is 0 Å². The molecule has 1 N–H and O–H groups in total. The third kappa shape index (κ3) is 4.15. The smallest absolute Gasteiger partial charge is 0.321 e. The Kier molecular flexibility index (Phi) is 5.31. The van der Waals surface area contributed by atoms with Crippen LogP contribution < -0.4 is 4.74 Å². The number of hydrogen-bond donors (Lipinski definition) is 1. The van der Waals surface area contributed by atoms with E-state index in [9.17, 15) is 9.90 Å². The van der Waals surface area contributed by atoms with Crippen LogP contribution in [0.25, 0.3) is 0 Å². The van der Waals surface area contributed by atoms with E-state index in [2.05, 4.69) is 6.07 Å². The fraction of sp³-hybridized carbons (Fsp3) is 0.533. The summed E-state index contributed by atoms with van der Waals surface area (Å²) in [6, 6.07) is 5.74. The van der Waals surface area contributed by atoms with Gasteiger partial charge in [0.15, 0.2) is 0 Å². The van der Waals surface area contributed by atoms with E-state index >= 15 is 0 Å². The number of nitrogens with zero attached hydrogens (tertiary/aromatic N) is 1. The number of thioether (sulfide) groups is 1. The Morgan fingerprint density at radius 3 is 2.75 bits per heavy atom. The van der Waals surface area contributed by atoms with Crippen molar-refractivity contribution in [1.82, 2.24) is 4.90 Å². The van der Waals surface area contributed by atoms with Crippen LogP contribution in [0, 0.1) is 13.8 Å². The molecule has 1 aromatic rings. The van der Waals surface area contributed by atoms with Crippen LogP contribution in [0.3, 0.4) is 0 Å². The van der Waals surface area contributed by atoms with E-state index in [0.717, 1.165) is 18.0 Å². The zero-order valence-electron chi connectivity index (χ0n) is 12.0. The van der Waals surface area contributed by atoms with E-state index in [0.29, 0.717) is 18.9 Å². The molecule has 0 saturated carbocycles. The molecule has 5 heteroatoms. The van der Waals surface area contributed by atoms with Crippen LogP contribution in [-0.2, 0) is 4.79 Å². The minimum Gasteiger partial charge on any atom is -0.492 e. The highest BCUT2D eigenvalue weighted by molar-refractivity contribution is 7.99. The summed E-state index contributed by atoms with van der Waals surface area (Å²) in [5.74, 6) is 1.79. The van der Waals surface area contributed by atoms with Crippen molar-refractivity contribution in [2.75, 3.05) is 31.2 Å². The summed E-state index contributed by atoms with van der Waals surface area (Å²) < 4.78 is 5.76. The van der Waals surface area contributed by atoms with Gasteiger partial charge >= 0.3 is 5.97 Å². The monoisotopic (exact) mass is 295 g/mol. The Bertz CT molecular complexity index is 458. The highest BCUT2D eigenvalue weighted by Gasteiger charge is 2.28. The zero-order valence-corrected chi connectivity index (χ0v) is 12.8.